The Morgan fingerprint density at radius 1 is 1.45 bits per heavy atom. The average molecular weight is 298 g/mol. The molecule has 0 bridgehead atoms. The number of amides is 1. The molecule has 0 saturated carbocycles. The van der Waals surface area contributed by atoms with Crippen molar-refractivity contribution < 1.29 is 9.36 Å². The minimum absolute atomic E-state index is 0.234. The summed E-state index contributed by atoms with van der Waals surface area (Å²) in [5.74, 6) is -0.0410. The van der Waals surface area contributed by atoms with Crippen molar-refractivity contribution in [2.45, 2.75) is 6.92 Å². The van der Waals surface area contributed by atoms with E-state index in [-0.39, 0.29) is 22.8 Å². The summed E-state index contributed by atoms with van der Waals surface area (Å²) in [7, 11) is 1.69. The number of nitrogens with one attached hydrogen (secondary N) is 1. The molecule has 0 saturated heterocycles. The molecule has 3 rings (SSSR count). The monoisotopic (exact) mass is 298 g/mol. The van der Waals surface area contributed by atoms with Crippen LogP contribution in [0.5, 0.6) is 0 Å². The SMILES string of the molecule is CCNC(=O)c1cc2c(=O)n3ccccc3nc2[n+](C)c1N. The number of fused-ring (bicyclic) bond motifs is 2. The minimum Gasteiger partial charge on any atom is -0.352 e. The predicted octanol–water partition coefficient (Wildman–Crippen LogP) is 0.00410. The maximum absolute atomic E-state index is 12.6. The van der Waals surface area contributed by atoms with E-state index in [9.17, 15) is 9.59 Å². The molecule has 0 spiro atoms. The number of anilines is 1. The number of nitrogens with zero attached hydrogens (tertiary/aromatic N) is 3. The van der Waals surface area contributed by atoms with E-state index in [2.05, 4.69) is 10.3 Å². The Hall–Kier alpha value is -2.96. The van der Waals surface area contributed by atoms with Crippen molar-refractivity contribution in [3.05, 3.63) is 46.4 Å². The van der Waals surface area contributed by atoms with Gasteiger partial charge in [-0.3, -0.25) is 14.0 Å². The largest absolute Gasteiger partial charge is 0.352 e. The Morgan fingerprint density at radius 2 is 2.23 bits per heavy atom. The molecule has 0 aliphatic rings. The number of nitrogens with two attached hydrogens (primary N) is 1. The van der Waals surface area contributed by atoms with Crippen molar-refractivity contribution >= 4 is 28.4 Å². The zero-order chi connectivity index (χ0) is 15.9. The summed E-state index contributed by atoms with van der Waals surface area (Å²) < 4.78 is 3.01. The molecule has 3 heterocycles. The second-order valence-electron chi connectivity index (χ2n) is 4.94. The Balaban J connectivity index is 2.43. The molecule has 22 heavy (non-hydrogen) atoms. The Morgan fingerprint density at radius 3 is 2.95 bits per heavy atom. The second kappa shape index (κ2) is 5.10. The lowest BCUT2D eigenvalue weighted by molar-refractivity contribution is -0.632. The number of hydrogen-bond acceptors (Lipinski definition) is 4. The minimum atomic E-state index is -0.310. The molecule has 1 amide bonds. The summed E-state index contributed by atoms with van der Waals surface area (Å²) in [5.41, 5.74) is 7.04. The van der Waals surface area contributed by atoms with Crippen LogP contribution in [0.25, 0.3) is 16.7 Å². The highest BCUT2D eigenvalue weighted by Crippen LogP contribution is 2.13. The normalized spacial score (nSPS) is 11.0. The number of carbonyl (C=O) groups excluding carboxylic acids is 1. The van der Waals surface area contributed by atoms with Crippen molar-refractivity contribution in [2.75, 3.05) is 12.3 Å². The van der Waals surface area contributed by atoms with E-state index in [1.807, 2.05) is 6.92 Å². The Bertz CT molecular complexity index is 961. The van der Waals surface area contributed by atoms with Crippen molar-refractivity contribution in [1.29, 1.82) is 0 Å². The molecular formula is C15H16N5O2+. The van der Waals surface area contributed by atoms with E-state index in [0.717, 1.165) is 0 Å². The highest BCUT2D eigenvalue weighted by molar-refractivity contribution is 6.00. The highest BCUT2D eigenvalue weighted by atomic mass is 16.1. The first-order valence-corrected chi connectivity index (χ1v) is 6.92. The molecule has 0 radical (unpaired) electrons. The van der Waals surface area contributed by atoms with Gasteiger partial charge in [-0.1, -0.05) is 11.1 Å². The van der Waals surface area contributed by atoms with Gasteiger partial charge in [-0.05, 0) is 25.1 Å². The molecule has 7 heteroatoms. The molecular weight excluding hydrogens is 282 g/mol. The summed E-state index contributed by atoms with van der Waals surface area (Å²) in [4.78, 5) is 29.2. The van der Waals surface area contributed by atoms with Crippen molar-refractivity contribution in [1.82, 2.24) is 14.7 Å². The van der Waals surface area contributed by atoms with Crippen LogP contribution < -0.4 is 21.2 Å². The lowest BCUT2D eigenvalue weighted by atomic mass is 10.2. The van der Waals surface area contributed by atoms with Gasteiger partial charge in [-0.15, -0.1) is 0 Å². The van der Waals surface area contributed by atoms with Crippen LogP contribution in [0.1, 0.15) is 17.3 Å². The smallest absolute Gasteiger partial charge is 0.278 e. The molecule has 3 aromatic rings. The number of hydrogen-bond donors (Lipinski definition) is 2. The van der Waals surface area contributed by atoms with Gasteiger partial charge < -0.3 is 11.1 Å². The van der Waals surface area contributed by atoms with Gasteiger partial charge in [-0.25, -0.2) is 4.57 Å². The standard InChI is InChI=1S/C15H15N5O2/c1-3-17-14(21)9-8-10-13(19(2)12(9)16)18-11-6-4-5-7-20(11)15(10)22/h4-8,16H,3H2,1-2H3,(H,17,21)/p+1. The molecule has 0 atom stereocenters. The quantitative estimate of drug-likeness (QED) is 0.514. The van der Waals surface area contributed by atoms with Crippen molar-refractivity contribution in [2.24, 2.45) is 7.05 Å². The first-order chi connectivity index (χ1) is 10.5. The molecule has 3 N–H and O–H groups in total. The fourth-order valence-corrected chi connectivity index (χ4v) is 2.42. The molecule has 3 aromatic heterocycles. The third kappa shape index (κ3) is 1.98. The van der Waals surface area contributed by atoms with Crippen LogP contribution in [-0.4, -0.2) is 21.8 Å². The average Bonchev–Trinajstić information content (AvgIpc) is 2.52. The van der Waals surface area contributed by atoms with E-state index in [4.69, 9.17) is 5.73 Å². The van der Waals surface area contributed by atoms with E-state index < -0.39 is 0 Å². The van der Waals surface area contributed by atoms with Crippen molar-refractivity contribution in [3.63, 3.8) is 0 Å². The number of nitrogen functional groups attached to an aromatic ring is 1. The number of rotatable bonds is 2. The van der Waals surface area contributed by atoms with Gasteiger partial charge >= 0.3 is 0 Å². The van der Waals surface area contributed by atoms with Gasteiger partial charge in [-0.2, -0.15) is 0 Å². The lowest BCUT2D eigenvalue weighted by Crippen LogP contribution is -2.39. The van der Waals surface area contributed by atoms with E-state index in [1.165, 1.54) is 10.5 Å². The van der Waals surface area contributed by atoms with Gasteiger partial charge in [0.15, 0.2) is 0 Å². The van der Waals surface area contributed by atoms with Crippen LogP contribution in [0.2, 0.25) is 0 Å². The van der Waals surface area contributed by atoms with Crippen LogP contribution in [0.4, 0.5) is 5.82 Å². The molecule has 0 aliphatic carbocycles. The van der Waals surface area contributed by atoms with Gasteiger partial charge in [0.25, 0.3) is 17.1 Å². The predicted molar refractivity (Wildman–Crippen MR) is 82.6 cm³/mol. The second-order valence-corrected chi connectivity index (χ2v) is 4.94. The van der Waals surface area contributed by atoms with Crippen LogP contribution in [0.3, 0.4) is 0 Å². The van der Waals surface area contributed by atoms with E-state index >= 15 is 0 Å². The number of carbonyl (C=O) groups is 1. The molecule has 0 aliphatic heterocycles. The number of aromatic nitrogens is 3. The fraction of sp³-hybridized carbons (Fsp3) is 0.200. The highest BCUT2D eigenvalue weighted by Gasteiger charge is 2.21. The number of aryl methyl sites for hydroxylation is 1. The number of pyridine rings is 2. The van der Waals surface area contributed by atoms with Crippen LogP contribution in [-0.2, 0) is 7.05 Å². The maximum atomic E-state index is 12.6. The van der Waals surface area contributed by atoms with Gasteiger partial charge in [0.05, 0.1) is 7.05 Å². The van der Waals surface area contributed by atoms with Crippen LogP contribution >= 0.6 is 0 Å². The summed E-state index contributed by atoms with van der Waals surface area (Å²) in [6.45, 7) is 2.30. The molecule has 112 valence electrons. The van der Waals surface area contributed by atoms with Crippen LogP contribution in [0, 0.1) is 0 Å². The van der Waals surface area contributed by atoms with E-state index in [0.29, 0.717) is 23.2 Å². The summed E-state index contributed by atoms with van der Waals surface area (Å²) in [6, 6.07) is 6.81. The molecule has 7 nitrogen and oxygen atoms in total. The van der Waals surface area contributed by atoms with Gasteiger partial charge in [0, 0.05) is 12.7 Å². The topological polar surface area (TPSA) is 93.4 Å². The third-order valence-electron chi connectivity index (χ3n) is 3.57. The Kier molecular flexibility index (Phi) is 3.25. The molecule has 0 fully saturated rings. The maximum Gasteiger partial charge on any atom is 0.278 e. The fourth-order valence-electron chi connectivity index (χ4n) is 2.42. The zero-order valence-corrected chi connectivity index (χ0v) is 12.3. The third-order valence-corrected chi connectivity index (χ3v) is 3.57. The lowest BCUT2D eigenvalue weighted by Gasteiger charge is -2.08. The first-order valence-electron chi connectivity index (χ1n) is 6.92. The molecule has 0 unspecified atom stereocenters. The van der Waals surface area contributed by atoms with E-state index in [1.54, 1.807) is 36.0 Å². The first kappa shape index (κ1) is 14.0. The van der Waals surface area contributed by atoms with Crippen LogP contribution in [0.15, 0.2) is 35.3 Å². The summed E-state index contributed by atoms with van der Waals surface area (Å²) >= 11 is 0. The van der Waals surface area contributed by atoms with Gasteiger partial charge in [0.1, 0.15) is 10.9 Å². The Labute approximate surface area is 126 Å². The summed E-state index contributed by atoms with van der Waals surface area (Å²) in [6.07, 6.45) is 1.65. The zero-order valence-electron chi connectivity index (χ0n) is 12.3. The summed E-state index contributed by atoms with van der Waals surface area (Å²) in [5, 5.41) is 3.04. The van der Waals surface area contributed by atoms with Crippen molar-refractivity contribution in [3.8, 4) is 0 Å². The van der Waals surface area contributed by atoms with Gasteiger partial charge in [0.2, 0.25) is 11.5 Å². The molecule has 0 aromatic carbocycles.